The Labute approximate surface area is 107 Å². The van der Waals surface area contributed by atoms with E-state index in [1.54, 1.807) is 0 Å². The molecule has 0 atom stereocenters. The third kappa shape index (κ3) is 3.01. The number of furan rings is 1. The van der Waals surface area contributed by atoms with E-state index in [0.717, 1.165) is 7.05 Å². The molecule has 3 nitrogen and oxygen atoms in total. The lowest BCUT2D eigenvalue weighted by Gasteiger charge is -2.24. The van der Waals surface area contributed by atoms with Crippen molar-refractivity contribution in [1.82, 2.24) is 4.90 Å². The quantitative estimate of drug-likeness (QED) is 0.795. The third-order valence-corrected chi connectivity index (χ3v) is 2.42. The average Bonchev–Trinajstić information content (AvgIpc) is 2.61. The average molecular weight is 336 g/mol. The van der Waals surface area contributed by atoms with Crippen molar-refractivity contribution >= 4 is 21.8 Å². The maximum Gasteiger partial charge on any atom is 0.463 e. The Morgan fingerprint density at radius 1 is 1.33 bits per heavy atom. The van der Waals surface area contributed by atoms with Gasteiger partial charge in [0.25, 0.3) is 0 Å². The van der Waals surface area contributed by atoms with E-state index in [1.807, 2.05) is 0 Å². The Hall–Kier alpha value is -1.12. The largest absolute Gasteiger partial charge is 0.463 e. The van der Waals surface area contributed by atoms with Crippen molar-refractivity contribution in [2.45, 2.75) is 18.6 Å². The molecule has 0 radical (unpaired) electrons. The zero-order valence-electron chi connectivity index (χ0n) is 8.89. The van der Waals surface area contributed by atoms with Crippen molar-refractivity contribution in [1.29, 1.82) is 0 Å². The maximum atomic E-state index is 12.7. The summed E-state index contributed by atoms with van der Waals surface area (Å²) in [5.74, 6) is -7.66. The van der Waals surface area contributed by atoms with Gasteiger partial charge in [-0.3, -0.25) is 4.79 Å². The molecule has 0 bridgehead atoms. The van der Waals surface area contributed by atoms with E-state index in [-0.39, 0.29) is 15.3 Å². The van der Waals surface area contributed by atoms with Crippen molar-refractivity contribution in [2.75, 3.05) is 7.05 Å². The fraction of sp³-hybridized carbons (Fsp3) is 0.444. The molecule has 0 saturated carbocycles. The molecule has 1 aromatic rings. The summed E-state index contributed by atoms with van der Waals surface area (Å²) in [6.45, 7) is -0.490. The Bertz CT molecular complexity index is 442. The fourth-order valence-corrected chi connectivity index (χ4v) is 1.44. The molecule has 102 valence electrons. The molecule has 0 unspecified atom stereocenters. The number of halogens is 6. The number of carbonyl (C=O) groups excluding carboxylic acids is 1. The highest BCUT2D eigenvalue weighted by Crippen LogP contribution is 2.36. The highest BCUT2D eigenvalue weighted by atomic mass is 79.9. The van der Waals surface area contributed by atoms with Gasteiger partial charge in [-0.05, 0) is 28.1 Å². The normalized spacial score (nSPS) is 12.6. The van der Waals surface area contributed by atoms with E-state index in [4.69, 9.17) is 4.42 Å². The standard InChI is InChI=1S/C9H7BrF5NO2/c1-16(4-5-2-3-6(10)18-5)7(17)8(11,12)9(13,14)15/h2-3H,4H2,1H3. The molecule has 1 rings (SSSR count). The van der Waals surface area contributed by atoms with Gasteiger partial charge in [-0.25, -0.2) is 0 Å². The van der Waals surface area contributed by atoms with E-state index in [0.29, 0.717) is 0 Å². The number of amides is 1. The number of hydrogen-bond acceptors (Lipinski definition) is 2. The van der Waals surface area contributed by atoms with Crippen LogP contribution in [-0.2, 0) is 11.3 Å². The van der Waals surface area contributed by atoms with Crippen LogP contribution in [0.1, 0.15) is 5.76 Å². The van der Waals surface area contributed by atoms with Crippen LogP contribution in [0.3, 0.4) is 0 Å². The van der Waals surface area contributed by atoms with Crippen LogP contribution < -0.4 is 0 Å². The lowest BCUT2D eigenvalue weighted by Crippen LogP contribution is -2.50. The highest BCUT2D eigenvalue weighted by molar-refractivity contribution is 9.10. The first-order valence-electron chi connectivity index (χ1n) is 4.50. The van der Waals surface area contributed by atoms with Gasteiger partial charge in [-0.1, -0.05) is 0 Å². The Kier molecular flexibility index (Phi) is 4.04. The molecule has 0 spiro atoms. The van der Waals surface area contributed by atoms with E-state index < -0.39 is 24.6 Å². The molecule has 0 N–H and O–H groups in total. The maximum absolute atomic E-state index is 12.7. The van der Waals surface area contributed by atoms with Crippen LogP contribution in [0, 0.1) is 0 Å². The number of alkyl halides is 5. The predicted octanol–water partition coefficient (Wildman–Crippen LogP) is 3.20. The molecular formula is C9H7BrF5NO2. The molecule has 0 aliphatic heterocycles. The molecule has 0 aliphatic carbocycles. The second-order valence-electron chi connectivity index (χ2n) is 3.44. The predicted molar refractivity (Wildman–Crippen MR) is 53.9 cm³/mol. The molecular weight excluding hydrogens is 329 g/mol. The molecule has 0 saturated heterocycles. The molecule has 0 aliphatic rings. The molecule has 9 heteroatoms. The minimum Gasteiger partial charge on any atom is -0.452 e. The van der Waals surface area contributed by atoms with Crippen LogP contribution in [0.15, 0.2) is 21.2 Å². The summed E-state index contributed by atoms with van der Waals surface area (Å²) >= 11 is 2.93. The third-order valence-electron chi connectivity index (χ3n) is 1.99. The summed E-state index contributed by atoms with van der Waals surface area (Å²) in [5.41, 5.74) is 0. The molecule has 1 heterocycles. The van der Waals surface area contributed by atoms with Gasteiger partial charge in [0.05, 0.1) is 6.54 Å². The van der Waals surface area contributed by atoms with E-state index >= 15 is 0 Å². The second kappa shape index (κ2) is 4.87. The Balaban J connectivity index is 2.79. The van der Waals surface area contributed by atoms with Gasteiger partial charge in [0, 0.05) is 7.05 Å². The van der Waals surface area contributed by atoms with Gasteiger partial charge in [-0.15, -0.1) is 0 Å². The monoisotopic (exact) mass is 335 g/mol. The smallest absolute Gasteiger partial charge is 0.452 e. The first-order valence-corrected chi connectivity index (χ1v) is 5.29. The lowest BCUT2D eigenvalue weighted by molar-refractivity contribution is -0.274. The number of carbonyl (C=O) groups is 1. The number of nitrogens with zero attached hydrogens (tertiary/aromatic N) is 1. The van der Waals surface area contributed by atoms with Gasteiger partial charge in [0.15, 0.2) is 4.67 Å². The fourth-order valence-electron chi connectivity index (χ4n) is 1.10. The zero-order chi connectivity index (χ0) is 14.1. The van der Waals surface area contributed by atoms with Gasteiger partial charge in [-0.2, -0.15) is 22.0 Å². The van der Waals surface area contributed by atoms with Crippen molar-refractivity contribution < 1.29 is 31.2 Å². The first-order chi connectivity index (χ1) is 8.05. The van der Waals surface area contributed by atoms with Crippen molar-refractivity contribution in [3.8, 4) is 0 Å². The van der Waals surface area contributed by atoms with Crippen LogP contribution in [0.4, 0.5) is 22.0 Å². The van der Waals surface area contributed by atoms with Crippen LogP contribution in [0.2, 0.25) is 0 Å². The molecule has 0 fully saturated rings. The number of hydrogen-bond donors (Lipinski definition) is 0. The van der Waals surface area contributed by atoms with Gasteiger partial charge >= 0.3 is 18.0 Å². The number of rotatable bonds is 3. The summed E-state index contributed by atoms with van der Waals surface area (Å²) in [6.07, 6.45) is -5.91. The molecule has 0 aromatic carbocycles. The van der Waals surface area contributed by atoms with Crippen molar-refractivity contribution in [2.24, 2.45) is 0 Å². The van der Waals surface area contributed by atoms with Crippen molar-refractivity contribution in [3.63, 3.8) is 0 Å². The lowest BCUT2D eigenvalue weighted by atomic mass is 10.2. The summed E-state index contributed by atoms with van der Waals surface area (Å²) in [7, 11) is 0.832. The van der Waals surface area contributed by atoms with Gasteiger partial charge in [0.1, 0.15) is 5.76 Å². The van der Waals surface area contributed by atoms with Crippen LogP contribution in [0.5, 0.6) is 0 Å². The SMILES string of the molecule is CN(Cc1ccc(Br)o1)C(=O)C(F)(F)C(F)(F)F. The minimum absolute atomic E-state index is 0.0794. The topological polar surface area (TPSA) is 33.5 Å². The first kappa shape index (κ1) is 14.9. The van der Waals surface area contributed by atoms with Gasteiger partial charge < -0.3 is 9.32 Å². The second-order valence-corrected chi connectivity index (χ2v) is 4.22. The summed E-state index contributed by atoms with van der Waals surface area (Å²) in [6, 6.07) is 2.77. The van der Waals surface area contributed by atoms with E-state index in [1.165, 1.54) is 12.1 Å². The Morgan fingerprint density at radius 3 is 2.28 bits per heavy atom. The summed E-state index contributed by atoms with van der Waals surface area (Å²) in [5, 5.41) is 0. The molecule has 1 amide bonds. The summed E-state index contributed by atoms with van der Waals surface area (Å²) < 4.78 is 66.5. The van der Waals surface area contributed by atoms with Gasteiger partial charge in [0.2, 0.25) is 0 Å². The Morgan fingerprint density at radius 2 is 1.89 bits per heavy atom. The van der Waals surface area contributed by atoms with E-state index in [9.17, 15) is 26.7 Å². The highest BCUT2D eigenvalue weighted by Gasteiger charge is 2.64. The van der Waals surface area contributed by atoms with E-state index in [2.05, 4.69) is 15.9 Å². The molecule has 1 aromatic heterocycles. The minimum atomic E-state index is -5.91. The van der Waals surface area contributed by atoms with Crippen LogP contribution in [-0.4, -0.2) is 30.0 Å². The molecule has 18 heavy (non-hydrogen) atoms. The van der Waals surface area contributed by atoms with Crippen molar-refractivity contribution in [3.05, 3.63) is 22.6 Å². The zero-order valence-corrected chi connectivity index (χ0v) is 10.5. The van der Waals surface area contributed by atoms with Crippen LogP contribution >= 0.6 is 15.9 Å². The summed E-state index contributed by atoms with van der Waals surface area (Å²) in [4.78, 5) is 11.3. The van der Waals surface area contributed by atoms with Crippen LogP contribution in [0.25, 0.3) is 0 Å².